The number of ether oxygens (including phenoxy) is 1. The third-order valence-electron chi connectivity index (χ3n) is 3.18. The van der Waals surface area contributed by atoms with Crippen LogP contribution >= 0.6 is 0 Å². The van der Waals surface area contributed by atoms with Crippen molar-refractivity contribution in [2.24, 2.45) is 5.92 Å². The lowest BCUT2D eigenvalue weighted by Crippen LogP contribution is -2.36. The van der Waals surface area contributed by atoms with Gasteiger partial charge in [-0.3, -0.25) is 0 Å². The molecule has 0 aliphatic heterocycles. The quantitative estimate of drug-likeness (QED) is 0.684. The first-order chi connectivity index (χ1) is 6.76. The Hall–Kier alpha value is -0.0800. The number of aliphatic hydroxyl groups is 1. The van der Waals surface area contributed by atoms with Crippen LogP contribution in [0.1, 0.15) is 52.4 Å². The van der Waals surface area contributed by atoms with Gasteiger partial charge < -0.3 is 9.84 Å². The van der Waals surface area contributed by atoms with Crippen LogP contribution in [0, 0.1) is 5.92 Å². The molecule has 2 heteroatoms. The van der Waals surface area contributed by atoms with Gasteiger partial charge in [0.15, 0.2) is 0 Å². The topological polar surface area (TPSA) is 29.5 Å². The molecule has 1 fully saturated rings. The lowest BCUT2D eigenvalue weighted by molar-refractivity contribution is -0.0811. The third kappa shape index (κ3) is 3.97. The third-order valence-corrected chi connectivity index (χ3v) is 3.18. The summed E-state index contributed by atoms with van der Waals surface area (Å²) < 4.78 is 5.74. The lowest BCUT2D eigenvalue weighted by Gasteiger charge is -2.32. The monoisotopic (exact) mass is 200 g/mol. The zero-order valence-electron chi connectivity index (χ0n) is 9.54. The molecule has 0 heterocycles. The Labute approximate surface area is 87.7 Å². The molecule has 0 aromatic carbocycles. The molecule has 0 radical (unpaired) electrons. The van der Waals surface area contributed by atoms with Crippen LogP contribution in [0.3, 0.4) is 0 Å². The molecule has 0 aromatic heterocycles. The van der Waals surface area contributed by atoms with Gasteiger partial charge in [0.1, 0.15) is 0 Å². The molecule has 0 spiro atoms. The second-order valence-corrected chi connectivity index (χ2v) is 4.50. The van der Waals surface area contributed by atoms with E-state index in [4.69, 9.17) is 9.84 Å². The van der Waals surface area contributed by atoms with E-state index in [-0.39, 0.29) is 6.10 Å². The van der Waals surface area contributed by atoms with Crippen LogP contribution in [-0.2, 0) is 4.74 Å². The Kier molecular flexibility index (Phi) is 5.49. The molecule has 14 heavy (non-hydrogen) atoms. The van der Waals surface area contributed by atoms with E-state index in [2.05, 4.69) is 13.8 Å². The average molecular weight is 200 g/mol. The summed E-state index contributed by atoms with van der Waals surface area (Å²) in [7, 11) is 0. The second kappa shape index (κ2) is 6.41. The van der Waals surface area contributed by atoms with E-state index in [1.807, 2.05) is 0 Å². The van der Waals surface area contributed by atoms with Gasteiger partial charge in [-0.25, -0.2) is 0 Å². The summed E-state index contributed by atoms with van der Waals surface area (Å²) in [6.45, 7) is 5.36. The van der Waals surface area contributed by atoms with Crippen molar-refractivity contribution in [1.82, 2.24) is 0 Å². The molecular weight excluding hydrogens is 176 g/mol. The fraction of sp³-hybridized carbons (Fsp3) is 1.00. The summed E-state index contributed by atoms with van der Waals surface area (Å²) in [5, 5.41) is 9.10. The van der Waals surface area contributed by atoms with Gasteiger partial charge in [0.2, 0.25) is 0 Å². The van der Waals surface area contributed by atoms with Crippen molar-refractivity contribution < 1.29 is 9.84 Å². The van der Waals surface area contributed by atoms with Gasteiger partial charge in [-0.05, 0) is 25.2 Å². The molecule has 0 aromatic rings. The van der Waals surface area contributed by atoms with Crippen LogP contribution in [0.2, 0.25) is 0 Å². The SMILES string of the molecule is CCCCC(CC)COC1CC(O)C1. The van der Waals surface area contributed by atoms with Crippen molar-refractivity contribution >= 4 is 0 Å². The Morgan fingerprint density at radius 3 is 2.57 bits per heavy atom. The molecule has 1 N–H and O–H groups in total. The first-order valence-electron chi connectivity index (χ1n) is 6.05. The molecular formula is C12H24O2. The highest BCUT2D eigenvalue weighted by Gasteiger charge is 2.28. The number of hydrogen-bond acceptors (Lipinski definition) is 2. The Bertz CT molecular complexity index is 141. The minimum atomic E-state index is -0.0873. The van der Waals surface area contributed by atoms with Crippen LogP contribution in [0.5, 0.6) is 0 Å². The Morgan fingerprint density at radius 2 is 2.07 bits per heavy atom. The van der Waals surface area contributed by atoms with Crippen molar-refractivity contribution in [2.45, 2.75) is 64.6 Å². The fourth-order valence-electron chi connectivity index (χ4n) is 1.84. The maximum absolute atomic E-state index is 9.10. The van der Waals surface area contributed by atoms with Crippen LogP contribution in [-0.4, -0.2) is 23.9 Å². The maximum atomic E-state index is 9.10. The molecule has 1 aliphatic carbocycles. The van der Waals surface area contributed by atoms with Crippen LogP contribution < -0.4 is 0 Å². The summed E-state index contributed by atoms with van der Waals surface area (Å²) >= 11 is 0. The van der Waals surface area contributed by atoms with Gasteiger partial charge in [0, 0.05) is 6.61 Å². The number of hydrogen-bond donors (Lipinski definition) is 1. The van der Waals surface area contributed by atoms with E-state index >= 15 is 0 Å². The number of unbranched alkanes of at least 4 members (excludes halogenated alkanes) is 1. The van der Waals surface area contributed by atoms with Crippen molar-refractivity contribution in [2.75, 3.05) is 6.61 Å². The predicted molar refractivity (Wildman–Crippen MR) is 58.3 cm³/mol. The van der Waals surface area contributed by atoms with E-state index in [0.717, 1.165) is 25.4 Å². The highest BCUT2D eigenvalue weighted by Crippen LogP contribution is 2.24. The summed E-state index contributed by atoms with van der Waals surface area (Å²) in [4.78, 5) is 0. The molecule has 1 rings (SSSR count). The van der Waals surface area contributed by atoms with E-state index in [9.17, 15) is 0 Å². The van der Waals surface area contributed by atoms with Gasteiger partial charge in [-0.15, -0.1) is 0 Å². The maximum Gasteiger partial charge on any atom is 0.0624 e. The van der Waals surface area contributed by atoms with Gasteiger partial charge >= 0.3 is 0 Å². The average Bonchev–Trinajstić information content (AvgIpc) is 2.15. The van der Waals surface area contributed by atoms with Crippen molar-refractivity contribution in [3.8, 4) is 0 Å². The van der Waals surface area contributed by atoms with Gasteiger partial charge in [0.25, 0.3) is 0 Å². The van der Waals surface area contributed by atoms with E-state index in [0.29, 0.717) is 6.10 Å². The molecule has 0 bridgehead atoms. The second-order valence-electron chi connectivity index (χ2n) is 4.50. The standard InChI is InChI=1S/C12H24O2/c1-3-5-6-10(4-2)9-14-12-7-11(13)8-12/h10-13H,3-9H2,1-2H3. The molecule has 1 atom stereocenters. The van der Waals surface area contributed by atoms with Crippen LogP contribution in [0.25, 0.3) is 0 Å². The highest BCUT2D eigenvalue weighted by atomic mass is 16.5. The van der Waals surface area contributed by atoms with Crippen molar-refractivity contribution in [3.05, 3.63) is 0 Å². The summed E-state index contributed by atoms with van der Waals surface area (Å²) in [6.07, 6.45) is 7.07. The minimum Gasteiger partial charge on any atom is -0.393 e. The molecule has 1 unspecified atom stereocenters. The fourth-order valence-corrected chi connectivity index (χ4v) is 1.84. The van der Waals surface area contributed by atoms with E-state index in [1.54, 1.807) is 0 Å². The first kappa shape index (κ1) is 12.0. The number of aliphatic hydroxyl groups excluding tert-OH is 1. The van der Waals surface area contributed by atoms with E-state index in [1.165, 1.54) is 25.7 Å². The lowest BCUT2D eigenvalue weighted by atomic mass is 9.92. The molecule has 2 nitrogen and oxygen atoms in total. The normalized spacial score (nSPS) is 28.5. The Balaban J connectivity index is 2.02. The van der Waals surface area contributed by atoms with Crippen molar-refractivity contribution in [1.29, 1.82) is 0 Å². The largest absolute Gasteiger partial charge is 0.393 e. The summed E-state index contributed by atoms with van der Waals surface area (Å²) in [5.41, 5.74) is 0. The zero-order chi connectivity index (χ0) is 10.4. The smallest absolute Gasteiger partial charge is 0.0624 e. The van der Waals surface area contributed by atoms with Crippen molar-refractivity contribution in [3.63, 3.8) is 0 Å². The van der Waals surface area contributed by atoms with Gasteiger partial charge in [-0.1, -0.05) is 33.1 Å². The first-order valence-corrected chi connectivity index (χ1v) is 6.05. The predicted octanol–water partition coefficient (Wildman–Crippen LogP) is 2.74. The van der Waals surface area contributed by atoms with E-state index < -0.39 is 0 Å². The zero-order valence-corrected chi connectivity index (χ0v) is 9.54. The molecule has 1 aliphatic rings. The summed E-state index contributed by atoms with van der Waals surface area (Å²) in [6, 6.07) is 0. The molecule has 84 valence electrons. The summed E-state index contributed by atoms with van der Waals surface area (Å²) in [5.74, 6) is 0.729. The van der Waals surface area contributed by atoms with Crippen LogP contribution in [0.4, 0.5) is 0 Å². The number of rotatable bonds is 7. The molecule has 0 saturated heterocycles. The van der Waals surface area contributed by atoms with Gasteiger partial charge in [-0.2, -0.15) is 0 Å². The highest BCUT2D eigenvalue weighted by molar-refractivity contribution is 4.79. The Morgan fingerprint density at radius 1 is 1.36 bits per heavy atom. The van der Waals surface area contributed by atoms with Crippen LogP contribution in [0.15, 0.2) is 0 Å². The molecule has 0 amide bonds. The minimum absolute atomic E-state index is 0.0873. The molecule has 1 saturated carbocycles. The van der Waals surface area contributed by atoms with Gasteiger partial charge in [0.05, 0.1) is 12.2 Å².